The quantitative estimate of drug-likeness (QED) is 0.525. The summed E-state index contributed by atoms with van der Waals surface area (Å²) in [6, 6.07) is 15.3. The Labute approximate surface area is 159 Å². The number of benzene rings is 2. The van der Waals surface area contributed by atoms with Gasteiger partial charge in [-0.2, -0.15) is 0 Å². The van der Waals surface area contributed by atoms with E-state index < -0.39 is 0 Å². The zero-order chi connectivity index (χ0) is 17.5. The Morgan fingerprint density at radius 3 is 1.92 bits per heavy atom. The average Bonchev–Trinajstić information content (AvgIpc) is 2.67. The number of piperidine rings is 1. The van der Waals surface area contributed by atoms with Crippen LogP contribution in [-0.4, -0.2) is 36.2 Å². The van der Waals surface area contributed by atoms with E-state index in [1.165, 1.54) is 19.3 Å². The number of thiocarbonyl (C=S) groups is 1. The third-order valence-corrected chi connectivity index (χ3v) is 4.92. The van der Waals surface area contributed by atoms with Crippen LogP contribution in [0.2, 0.25) is 5.02 Å². The molecular weight excluding hydrogens is 354 g/mol. The zero-order valence-corrected chi connectivity index (χ0v) is 15.7. The highest BCUT2D eigenvalue weighted by atomic mass is 35.5. The Balaban J connectivity index is 1.44. The Morgan fingerprint density at radius 1 is 0.840 bits per heavy atom. The zero-order valence-electron chi connectivity index (χ0n) is 14.1. The summed E-state index contributed by atoms with van der Waals surface area (Å²) in [6.07, 6.45) is 3.77. The molecule has 0 aliphatic carbocycles. The maximum Gasteiger partial charge on any atom is 0.122 e. The molecule has 5 heteroatoms. The molecule has 0 aromatic heterocycles. The van der Waals surface area contributed by atoms with E-state index in [1.54, 1.807) is 0 Å². The third kappa shape index (κ3) is 5.35. The van der Waals surface area contributed by atoms with Crippen molar-refractivity contribution in [3.05, 3.63) is 59.1 Å². The van der Waals surface area contributed by atoms with E-state index in [0.717, 1.165) is 35.1 Å². The van der Waals surface area contributed by atoms with E-state index in [-0.39, 0.29) is 0 Å². The first-order valence-electron chi connectivity index (χ1n) is 8.63. The second-order valence-electron chi connectivity index (χ2n) is 6.03. The molecule has 2 aromatic rings. The molecule has 0 spiro atoms. The van der Waals surface area contributed by atoms with Gasteiger partial charge in [0.25, 0.3) is 0 Å². The Kier molecular flexibility index (Phi) is 6.54. The normalized spacial score (nSPS) is 14.2. The summed E-state index contributed by atoms with van der Waals surface area (Å²) < 4.78 is 11.3. The highest BCUT2D eigenvalue weighted by Gasteiger charge is 2.14. The molecule has 0 radical (unpaired) electrons. The lowest BCUT2D eigenvalue weighted by Gasteiger charge is -2.29. The van der Waals surface area contributed by atoms with Crippen molar-refractivity contribution < 1.29 is 9.47 Å². The summed E-state index contributed by atoms with van der Waals surface area (Å²) in [4.78, 5) is 3.24. The number of ether oxygens (including phenoxy) is 2. The van der Waals surface area contributed by atoms with Gasteiger partial charge in [0.15, 0.2) is 0 Å². The van der Waals surface area contributed by atoms with Crippen molar-refractivity contribution in [2.75, 3.05) is 26.3 Å². The molecule has 1 heterocycles. The fourth-order valence-electron chi connectivity index (χ4n) is 2.82. The smallest absolute Gasteiger partial charge is 0.122 e. The molecule has 0 atom stereocenters. The summed E-state index contributed by atoms with van der Waals surface area (Å²) in [6.45, 7) is 3.10. The van der Waals surface area contributed by atoms with Crippen LogP contribution in [0.3, 0.4) is 0 Å². The number of likely N-dealkylation sites (tertiary alicyclic amines) is 1. The van der Waals surface area contributed by atoms with Gasteiger partial charge in [0.1, 0.15) is 29.7 Å². The van der Waals surface area contributed by atoms with Crippen molar-refractivity contribution in [3.8, 4) is 11.5 Å². The lowest BCUT2D eigenvalue weighted by atomic mass is 10.1. The highest BCUT2D eigenvalue weighted by molar-refractivity contribution is 7.80. The summed E-state index contributed by atoms with van der Waals surface area (Å²) in [7, 11) is 0. The van der Waals surface area contributed by atoms with Crippen LogP contribution < -0.4 is 9.47 Å². The van der Waals surface area contributed by atoms with Crippen molar-refractivity contribution in [2.24, 2.45) is 0 Å². The molecule has 0 amide bonds. The average molecular weight is 376 g/mol. The van der Waals surface area contributed by atoms with Gasteiger partial charge < -0.3 is 14.4 Å². The first kappa shape index (κ1) is 18.0. The number of nitrogens with zero attached hydrogens (tertiary/aromatic N) is 1. The molecule has 0 saturated carbocycles. The molecular formula is C20H22ClNO2S. The van der Waals surface area contributed by atoms with Crippen molar-refractivity contribution in [3.63, 3.8) is 0 Å². The molecule has 1 aliphatic heterocycles. The Hall–Kier alpha value is -1.78. The van der Waals surface area contributed by atoms with Crippen molar-refractivity contribution in [1.82, 2.24) is 4.90 Å². The number of hydrogen-bond acceptors (Lipinski definition) is 3. The molecule has 2 aromatic carbocycles. The van der Waals surface area contributed by atoms with E-state index in [4.69, 9.17) is 33.3 Å². The van der Waals surface area contributed by atoms with Crippen molar-refractivity contribution in [1.29, 1.82) is 0 Å². The molecule has 25 heavy (non-hydrogen) atoms. The highest BCUT2D eigenvalue weighted by Crippen LogP contribution is 2.18. The third-order valence-electron chi connectivity index (χ3n) is 4.18. The van der Waals surface area contributed by atoms with Gasteiger partial charge in [-0.25, -0.2) is 0 Å². The first-order chi connectivity index (χ1) is 12.2. The molecule has 0 bridgehead atoms. The summed E-state index contributed by atoms with van der Waals surface area (Å²) in [5.74, 6) is 1.61. The second-order valence-corrected chi connectivity index (χ2v) is 6.85. The van der Waals surface area contributed by atoms with Crippen molar-refractivity contribution >= 4 is 28.8 Å². The summed E-state index contributed by atoms with van der Waals surface area (Å²) in [5.41, 5.74) is 1.08. The topological polar surface area (TPSA) is 21.7 Å². The molecule has 1 aliphatic rings. The number of rotatable bonds is 6. The van der Waals surface area contributed by atoms with Gasteiger partial charge in [0.2, 0.25) is 0 Å². The SMILES string of the molecule is S=C(c1ccc(OCCOc2ccc(Cl)cc2)cc1)N1CCCCC1. The minimum absolute atomic E-state index is 0.482. The van der Waals surface area contributed by atoms with Gasteiger partial charge in [-0.15, -0.1) is 0 Å². The largest absolute Gasteiger partial charge is 0.490 e. The van der Waals surface area contributed by atoms with Crippen LogP contribution in [0.25, 0.3) is 0 Å². The van der Waals surface area contributed by atoms with Crippen LogP contribution in [0.5, 0.6) is 11.5 Å². The van der Waals surface area contributed by atoms with E-state index in [9.17, 15) is 0 Å². The van der Waals surface area contributed by atoms with Gasteiger partial charge in [-0.1, -0.05) is 23.8 Å². The molecule has 3 nitrogen and oxygen atoms in total. The van der Waals surface area contributed by atoms with Gasteiger partial charge in [0.05, 0.1) is 0 Å². The molecule has 1 fully saturated rings. The molecule has 3 rings (SSSR count). The van der Waals surface area contributed by atoms with E-state index in [1.807, 2.05) is 48.5 Å². The Morgan fingerprint density at radius 2 is 1.36 bits per heavy atom. The fourth-order valence-corrected chi connectivity index (χ4v) is 3.27. The Bertz CT molecular complexity index is 682. The molecule has 0 N–H and O–H groups in total. The minimum Gasteiger partial charge on any atom is -0.490 e. The van der Waals surface area contributed by atoms with Crippen LogP contribution in [0.1, 0.15) is 24.8 Å². The van der Waals surface area contributed by atoms with Crippen LogP contribution in [0.15, 0.2) is 48.5 Å². The predicted octanol–water partition coefficient (Wildman–Crippen LogP) is 4.96. The number of hydrogen-bond donors (Lipinski definition) is 0. The molecule has 1 saturated heterocycles. The fraction of sp³-hybridized carbons (Fsp3) is 0.350. The number of halogens is 1. The first-order valence-corrected chi connectivity index (χ1v) is 9.41. The van der Waals surface area contributed by atoms with Gasteiger partial charge >= 0.3 is 0 Å². The van der Waals surface area contributed by atoms with Gasteiger partial charge in [0, 0.05) is 23.7 Å². The lowest BCUT2D eigenvalue weighted by Crippen LogP contribution is -2.34. The summed E-state index contributed by atoms with van der Waals surface area (Å²) in [5, 5.41) is 0.700. The predicted molar refractivity (Wildman–Crippen MR) is 106 cm³/mol. The van der Waals surface area contributed by atoms with Crippen LogP contribution >= 0.6 is 23.8 Å². The van der Waals surface area contributed by atoms with E-state index in [2.05, 4.69) is 4.90 Å². The summed E-state index contributed by atoms with van der Waals surface area (Å²) >= 11 is 11.5. The second kappa shape index (κ2) is 9.07. The maximum atomic E-state index is 5.85. The monoisotopic (exact) mass is 375 g/mol. The minimum atomic E-state index is 0.482. The molecule has 132 valence electrons. The van der Waals surface area contributed by atoms with E-state index >= 15 is 0 Å². The molecule has 0 unspecified atom stereocenters. The van der Waals surface area contributed by atoms with Crippen LogP contribution in [0.4, 0.5) is 0 Å². The van der Waals surface area contributed by atoms with Crippen molar-refractivity contribution in [2.45, 2.75) is 19.3 Å². The van der Waals surface area contributed by atoms with Gasteiger partial charge in [-0.3, -0.25) is 0 Å². The van der Waals surface area contributed by atoms with Crippen LogP contribution in [0, 0.1) is 0 Å². The maximum absolute atomic E-state index is 5.85. The standard InChI is InChI=1S/C20H22ClNO2S/c21-17-6-10-19(11-7-17)24-15-14-23-18-8-4-16(5-9-18)20(25)22-12-2-1-3-13-22/h4-11H,1-3,12-15H2. The van der Waals surface area contributed by atoms with Crippen LogP contribution in [-0.2, 0) is 0 Å². The lowest BCUT2D eigenvalue weighted by molar-refractivity contribution is 0.217. The van der Waals surface area contributed by atoms with Gasteiger partial charge in [-0.05, 0) is 67.8 Å². The van der Waals surface area contributed by atoms with E-state index in [0.29, 0.717) is 18.2 Å².